The molecule has 0 aliphatic carbocycles. The van der Waals surface area contributed by atoms with E-state index in [2.05, 4.69) is 18.8 Å². The molecular formula is C13H20N2O3S. The first-order chi connectivity index (χ1) is 9.02. The maximum absolute atomic E-state index is 11.3. The third-order valence-electron chi connectivity index (χ3n) is 2.06. The van der Waals surface area contributed by atoms with Crippen LogP contribution in [0, 0.1) is 5.92 Å². The molecule has 106 valence electrons. The van der Waals surface area contributed by atoms with Gasteiger partial charge < -0.3 is 15.2 Å². The number of hydrogen-bond donors (Lipinski definition) is 1. The van der Waals surface area contributed by atoms with Crippen LogP contribution in [0.5, 0.6) is 5.88 Å². The fraction of sp³-hybridized carbons (Fsp3) is 0.538. The van der Waals surface area contributed by atoms with Crippen LogP contribution < -0.4 is 10.5 Å². The van der Waals surface area contributed by atoms with Gasteiger partial charge in [0.05, 0.1) is 24.7 Å². The highest BCUT2D eigenvalue weighted by Gasteiger charge is 2.08. The Morgan fingerprint density at radius 2 is 2.21 bits per heavy atom. The second kappa shape index (κ2) is 7.89. The fourth-order valence-electron chi connectivity index (χ4n) is 1.21. The molecule has 0 amide bonds. The van der Waals surface area contributed by atoms with E-state index in [0.717, 1.165) is 0 Å². The van der Waals surface area contributed by atoms with Gasteiger partial charge in [0.15, 0.2) is 0 Å². The summed E-state index contributed by atoms with van der Waals surface area (Å²) in [5.74, 6) is 0.796. The molecule has 1 heterocycles. The lowest BCUT2D eigenvalue weighted by Crippen LogP contribution is -2.09. The predicted molar refractivity (Wildman–Crippen MR) is 76.3 cm³/mol. The number of nitrogens with two attached hydrogens (primary N) is 1. The molecule has 0 saturated heterocycles. The van der Waals surface area contributed by atoms with E-state index >= 15 is 0 Å². The summed E-state index contributed by atoms with van der Waals surface area (Å²) in [6.07, 6.45) is 0. The van der Waals surface area contributed by atoms with E-state index in [-0.39, 0.29) is 11.7 Å². The largest absolute Gasteiger partial charge is 0.476 e. The summed E-state index contributed by atoms with van der Waals surface area (Å²) in [6, 6.07) is 3.50. The highest BCUT2D eigenvalue weighted by atomic mass is 32.2. The number of pyridine rings is 1. The van der Waals surface area contributed by atoms with E-state index in [1.54, 1.807) is 19.1 Å². The van der Waals surface area contributed by atoms with Crippen molar-refractivity contribution in [3.63, 3.8) is 0 Å². The van der Waals surface area contributed by atoms with Gasteiger partial charge in [-0.05, 0) is 25.0 Å². The van der Waals surface area contributed by atoms with Crippen LogP contribution in [0.4, 0.5) is 5.69 Å². The highest BCUT2D eigenvalue weighted by molar-refractivity contribution is 7.99. The summed E-state index contributed by atoms with van der Waals surface area (Å²) in [7, 11) is 0. The van der Waals surface area contributed by atoms with Crippen LogP contribution in [0.25, 0.3) is 0 Å². The van der Waals surface area contributed by atoms with Crippen LogP contribution in [0.3, 0.4) is 0 Å². The zero-order valence-electron chi connectivity index (χ0n) is 11.5. The number of carbonyl (C=O) groups is 1. The normalized spacial score (nSPS) is 10.5. The van der Waals surface area contributed by atoms with E-state index in [4.69, 9.17) is 15.2 Å². The number of rotatable bonds is 7. The van der Waals surface area contributed by atoms with Crippen molar-refractivity contribution in [1.29, 1.82) is 0 Å². The summed E-state index contributed by atoms with van der Waals surface area (Å²) in [5.41, 5.74) is 6.29. The van der Waals surface area contributed by atoms with E-state index in [9.17, 15) is 4.79 Å². The Bertz CT molecular complexity index is 424. The van der Waals surface area contributed by atoms with Gasteiger partial charge in [0, 0.05) is 0 Å². The Balaban J connectivity index is 2.60. The maximum Gasteiger partial charge on any atom is 0.316 e. The van der Waals surface area contributed by atoms with E-state index < -0.39 is 0 Å². The van der Waals surface area contributed by atoms with Crippen molar-refractivity contribution >= 4 is 23.4 Å². The van der Waals surface area contributed by atoms with Crippen LogP contribution in [0.1, 0.15) is 20.8 Å². The molecule has 0 saturated carbocycles. The average Bonchev–Trinajstić information content (AvgIpc) is 2.36. The minimum atomic E-state index is -0.254. The molecule has 0 fully saturated rings. The van der Waals surface area contributed by atoms with Crippen LogP contribution >= 0.6 is 11.8 Å². The quantitative estimate of drug-likeness (QED) is 0.612. The molecule has 0 bridgehead atoms. The third-order valence-corrected chi connectivity index (χ3v) is 2.96. The Labute approximate surface area is 117 Å². The maximum atomic E-state index is 11.3. The SMILES string of the molecule is CCOC(=O)CSc1ccc(N)c(OCC(C)C)n1. The molecule has 0 aliphatic heterocycles. The smallest absolute Gasteiger partial charge is 0.316 e. The molecule has 6 heteroatoms. The lowest BCUT2D eigenvalue weighted by Gasteiger charge is -2.11. The van der Waals surface area contributed by atoms with Crippen LogP contribution in [-0.2, 0) is 9.53 Å². The molecule has 19 heavy (non-hydrogen) atoms. The predicted octanol–water partition coefficient (Wildman–Crippen LogP) is 2.35. The third kappa shape index (κ3) is 5.83. The topological polar surface area (TPSA) is 74.4 Å². The van der Waals surface area contributed by atoms with Gasteiger partial charge in [0.2, 0.25) is 5.88 Å². The summed E-state index contributed by atoms with van der Waals surface area (Å²) in [4.78, 5) is 15.5. The van der Waals surface area contributed by atoms with Crippen LogP contribution in [-0.4, -0.2) is 29.9 Å². The first-order valence-corrected chi connectivity index (χ1v) is 7.19. The second-order valence-electron chi connectivity index (χ2n) is 4.34. The molecule has 0 atom stereocenters. The molecule has 0 aromatic carbocycles. The van der Waals surface area contributed by atoms with Crippen molar-refractivity contribution in [1.82, 2.24) is 4.98 Å². The van der Waals surface area contributed by atoms with Crippen LogP contribution in [0.15, 0.2) is 17.2 Å². The zero-order chi connectivity index (χ0) is 14.3. The van der Waals surface area contributed by atoms with Crippen molar-refractivity contribution < 1.29 is 14.3 Å². The Hall–Kier alpha value is -1.43. The van der Waals surface area contributed by atoms with E-state index in [1.165, 1.54) is 11.8 Å². The molecule has 2 N–H and O–H groups in total. The molecule has 0 unspecified atom stereocenters. The van der Waals surface area contributed by atoms with Gasteiger partial charge >= 0.3 is 5.97 Å². The second-order valence-corrected chi connectivity index (χ2v) is 5.34. The molecule has 1 rings (SSSR count). The molecule has 1 aromatic rings. The Morgan fingerprint density at radius 3 is 2.84 bits per heavy atom. The van der Waals surface area contributed by atoms with Crippen LogP contribution in [0.2, 0.25) is 0 Å². The summed E-state index contributed by atoms with van der Waals surface area (Å²) < 4.78 is 10.4. The van der Waals surface area contributed by atoms with Gasteiger partial charge in [-0.3, -0.25) is 4.79 Å². The van der Waals surface area contributed by atoms with Gasteiger partial charge in [-0.25, -0.2) is 4.98 Å². The van der Waals surface area contributed by atoms with Gasteiger partial charge in [0.1, 0.15) is 5.03 Å². The van der Waals surface area contributed by atoms with Crippen molar-refractivity contribution in [2.45, 2.75) is 25.8 Å². The molecule has 0 radical (unpaired) electrons. The summed E-state index contributed by atoms with van der Waals surface area (Å²) in [6.45, 7) is 6.83. The Morgan fingerprint density at radius 1 is 1.47 bits per heavy atom. The molecule has 0 aliphatic rings. The number of thioether (sulfide) groups is 1. The first kappa shape index (κ1) is 15.6. The van der Waals surface area contributed by atoms with Gasteiger partial charge in [0.25, 0.3) is 0 Å². The van der Waals surface area contributed by atoms with Crippen molar-refractivity contribution in [2.75, 3.05) is 24.7 Å². The Kier molecular flexibility index (Phi) is 6.49. The van der Waals surface area contributed by atoms with Crippen molar-refractivity contribution in [3.05, 3.63) is 12.1 Å². The van der Waals surface area contributed by atoms with Gasteiger partial charge in [-0.1, -0.05) is 25.6 Å². The van der Waals surface area contributed by atoms with E-state index in [1.807, 2.05) is 0 Å². The molecule has 5 nitrogen and oxygen atoms in total. The van der Waals surface area contributed by atoms with Gasteiger partial charge in [-0.15, -0.1) is 0 Å². The standard InChI is InChI=1S/C13H20N2O3S/c1-4-17-12(16)8-19-11-6-5-10(14)13(15-11)18-7-9(2)3/h5-6,9H,4,7-8,14H2,1-3H3. The lowest BCUT2D eigenvalue weighted by molar-refractivity contribution is -0.139. The number of nitrogen functional groups attached to an aromatic ring is 1. The van der Waals surface area contributed by atoms with Crippen molar-refractivity contribution in [3.8, 4) is 5.88 Å². The van der Waals surface area contributed by atoms with E-state index in [0.29, 0.717) is 35.7 Å². The summed E-state index contributed by atoms with van der Waals surface area (Å²) in [5, 5.41) is 0.695. The number of carbonyl (C=O) groups excluding carboxylic acids is 1. The number of aromatic nitrogens is 1. The minimum Gasteiger partial charge on any atom is -0.476 e. The first-order valence-electron chi connectivity index (χ1n) is 6.20. The monoisotopic (exact) mass is 284 g/mol. The number of nitrogens with zero attached hydrogens (tertiary/aromatic N) is 1. The number of anilines is 1. The number of hydrogen-bond acceptors (Lipinski definition) is 6. The molecular weight excluding hydrogens is 264 g/mol. The zero-order valence-corrected chi connectivity index (χ0v) is 12.3. The number of ether oxygens (including phenoxy) is 2. The molecule has 1 aromatic heterocycles. The molecule has 0 spiro atoms. The lowest BCUT2D eigenvalue weighted by atomic mass is 10.2. The van der Waals surface area contributed by atoms with Crippen molar-refractivity contribution in [2.24, 2.45) is 5.92 Å². The number of esters is 1. The minimum absolute atomic E-state index is 0.231. The fourth-order valence-corrected chi connectivity index (χ4v) is 1.87. The highest BCUT2D eigenvalue weighted by Crippen LogP contribution is 2.24. The average molecular weight is 284 g/mol. The summed E-state index contributed by atoms with van der Waals surface area (Å²) >= 11 is 1.30. The van der Waals surface area contributed by atoms with Gasteiger partial charge in [-0.2, -0.15) is 0 Å².